The third kappa shape index (κ3) is 5.04. The normalized spacial score (nSPS) is 10.6. The molecule has 1 heterocycles. The monoisotopic (exact) mass is 333 g/mol. The highest BCUT2D eigenvalue weighted by Crippen LogP contribution is 2.14. The molecule has 0 atom stereocenters. The molecule has 0 bridgehead atoms. The highest BCUT2D eigenvalue weighted by molar-refractivity contribution is 7.09. The predicted molar refractivity (Wildman–Crippen MR) is 93.1 cm³/mol. The van der Waals surface area contributed by atoms with Crippen molar-refractivity contribution in [1.82, 2.24) is 9.88 Å². The molecule has 5 nitrogen and oxygen atoms in total. The Bertz CT molecular complexity index is 625. The first-order chi connectivity index (χ1) is 11.1. The van der Waals surface area contributed by atoms with Crippen LogP contribution in [0.5, 0.6) is 5.75 Å². The molecule has 23 heavy (non-hydrogen) atoms. The van der Waals surface area contributed by atoms with Gasteiger partial charge in [-0.05, 0) is 37.1 Å². The van der Waals surface area contributed by atoms with Gasteiger partial charge in [0.1, 0.15) is 11.4 Å². The zero-order chi connectivity index (χ0) is 16.7. The number of carbonyl (C=O) groups is 1. The quantitative estimate of drug-likeness (QED) is 0.805. The third-order valence-electron chi connectivity index (χ3n) is 3.59. The number of ether oxygens (including phenoxy) is 1. The summed E-state index contributed by atoms with van der Waals surface area (Å²) in [5.74, 6) is 0.831. The first-order valence-corrected chi connectivity index (χ1v) is 8.55. The second kappa shape index (κ2) is 8.64. The summed E-state index contributed by atoms with van der Waals surface area (Å²) in [6.45, 7) is 1.26. The molecule has 6 heteroatoms. The van der Waals surface area contributed by atoms with Crippen LogP contribution < -0.4 is 10.5 Å². The average Bonchev–Trinajstić information content (AvgIpc) is 3.03. The molecule has 1 aromatic heterocycles. The number of thiazole rings is 1. The summed E-state index contributed by atoms with van der Waals surface area (Å²) in [5.41, 5.74) is 7.27. The van der Waals surface area contributed by atoms with Gasteiger partial charge in [0.25, 0.3) is 5.91 Å². The zero-order valence-electron chi connectivity index (χ0n) is 13.6. The van der Waals surface area contributed by atoms with Gasteiger partial charge in [-0.3, -0.25) is 4.79 Å². The van der Waals surface area contributed by atoms with Crippen molar-refractivity contribution in [2.75, 3.05) is 27.2 Å². The van der Waals surface area contributed by atoms with Gasteiger partial charge < -0.3 is 15.4 Å². The lowest BCUT2D eigenvalue weighted by Crippen LogP contribution is -2.28. The van der Waals surface area contributed by atoms with E-state index in [9.17, 15) is 4.79 Å². The van der Waals surface area contributed by atoms with Crippen LogP contribution in [0.4, 0.5) is 0 Å². The number of nitrogens with zero attached hydrogens (tertiary/aromatic N) is 2. The number of methoxy groups -OCH3 is 1. The summed E-state index contributed by atoms with van der Waals surface area (Å²) < 4.78 is 5.14. The smallest absolute Gasteiger partial charge is 0.273 e. The highest BCUT2D eigenvalue weighted by Gasteiger charge is 2.15. The van der Waals surface area contributed by atoms with Crippen LogP contribution in [0.15, 0.2) is 29.6 Å². The number of amides is 1. The Balaban J connectivity index is 1.80. The fourth-order valence-electron chi connectivity index (χ4n) is 2.26. The van der Waals surface area contributed by atoms with Crippen LogP contribution in [0.25, 0.3) is 0 Å². The van der Waals surface area contributed by atoms with Crippen molar-refractivity contribution >= 4 is 17.2 Å². The van der Waals surface area contributed by atoms with E-state index in [0.29, 0.717) is 18.8 Å². The first kappa shape index (κ1) is 17.4. The van der Waals surface area contributed by atoms with Crippen LogP contribution in [0.1, 0.15) is 27.5 Å². The molecule has 0 spiro atoms. The van der Waals surface area contributed by atoms with Gasteiger partial charge in [0, 0.05) is 25.4 Å². The molecular formula is C17H23N3O2S. The molecule has 124 valence electrons. The maximum atomic E-state index is 12.3. The molecule has 2 N–H and O–H groups in total. The highest BCUT2D eigenvalue weighted by atomic mass is 32.1. The van der Waals surface area contributed by atoms with Crippen molar-refractivity contribution in [2.45, 2.75) is 19.3 Å². The number of hydrogen-bond donors (Lipinski definition) is 1. The number of carbonyl (C=O) groups excluding carboxylic acids is 1. The van der Waals surface area contributed by atoms with E-state index in [1.807, 2.05) is 24.6 Å². The summed E-state index contributed by atoms with van der Waals surface area (Å²) in [6, 6.07) is 8.03. The van der Waals surface area contributed by atoms with Gasteiger partial charge in [-0.1, -0.05) is 12.1 Å². The maximum Gasteiger partial charge on any atom is 0.273 e. The van der Waals surface area contributed by atoms with Gasteiger partial charge in [-0.25, -0.2) is 4.98 Å². The predicted octanol–water partition coefficient (Wildman–Crippen LogP) is 2.36. The van der Waals surface area contributed by atoms with Crippen LogP contribution in [0, 0.1) is 0 Å². The van der Waals surface area contributed by atoms with E-state index in [1.54, 1.807) is 12.0 Å². The Morgan fingerprint density at radius 2 is 2.04 bits per heavy atom. The van der Waals surface area contributed by atoms with Crippen LogP contribution >= 0.6 is 11.3 Å². The zero-order valence-corrected chi connectivity index (χ0v) is 14.4. The van der Waals surface area contributed by atoms with Gasteiger partial charge in [-0.15, -0.1) is 11.3 Å². The summed E-state index contributed by atoms with van der Waals surface area (Å²) in [4.78, 5) is 18.4. The molecule has 0 saturated heterocycles. The Kier molecular flexibility index (Phi) is 6.55. The number of rotatable bonds is 8. The summed E-state index contributed by atoms with van der Waals surface area (Å²) in [6.07, 6.45) is 2.56. The number of benzene rings is 1. The summed E-state index contributed by atoms with van der Waals surface area (Å²) in [7, 11) is 3.48. The third-order valence-corrected chi connectivity index (χ3v) is 4.50. The number of aromatic nitrogens is 1. The second-order valence-corrected chi connectivity index (χ2v) is 6.29. The fourth-order valence-corrected chi connectivity index (χ4v) is 3.05. The second-order valence-electron chi connectivity index (χ2n) is 5.34. The van der Waals surface area contributed by atoms with E-state index in [4.69, 9.17) is 10.5 Å². The molecule has 0 aliphatic rings. The molecule has 0 fully saturated rings. The van der Waals surface area contributed by atoms with E-state index >= 15 is 0 Å². The van der Waals surface area contributed by atoms with Crippen LogP contribution in [0.2, 0.25) is 0 Å². The fraction of sp³-hybridized carbons (Fsp3) is 0.412. The van der Waals surface area contributed by atoms with Crippen molar-refractivity contribution < 1.29 is 9.53 Å². The van der Waals surface area contributed by atoms with E-state index in [0.717, 1.165) is 30.0 Å². The Morgan fingerprint density at radius 3 is 2.70 bits per heavy atom. The number of aryl methyl sites for hydroxylation is 1. The van der Waals surface area contributed by atoms with Crippen LogP contribution in [-0.2, 0) is 12.8 Å². The maximum absolute atomic E-state index is 12.3. The van der Waals surface area contributed by atoms with Gasteiger partial charge in [-0.2, -0.15) is 0 Å². The minimum absolute atomic E-state index is 0.0285. The molecule has 0 aliphatic heterocycles. The van der Waals surface area contributed by atoms with E-state index in [-0.39, 0.29) is 5.91 Å². The summed E-state index contributed by atoms with van der Waals surface area (Å²) >= 11 is 1.49. The van der Waals surface area contributed by atoms with Gasteiger partial charge in [0.15, 0.2) is 0 Å². The van der Waals surface area contributed by atoms with Crippen LogP contribution in [-0.4, -0.2) is 43.0 Å². The molecule has 0 aliphatic carbocycles. The molecule has 2 aromatic rings. The van der Waals surface area contributed by atoms with Gasteiger partial charge >= 0.3 is 0 Å². The largest absolute Gasteiger partial charge is 0.497 e. The van der Waals surface area contributed by atoms with Crippen molar-refractivity contribution in [1.29, 1.82) is 0 Å². The minimum atomic E-state index is -0.0285. The summed E-state index contributed by atoms with van der Waals surface area (Å²) in [5, 5.41) is 2.73. The lowest BCUT2D eigenvalue weighted by molar-refractivity contribution is 0.0788. The lowest BCUT2D eigenvalue weighted by atomic mass is 10.1. The molecule has 0 radical (unpaired) electrons. The first-order valence-electron chi connectivity index (χ1n) is 7.67. The van der Waals surface area contributed by atoms with Crippen molar-refractivity contribution in [2.24, 2.45) is 5.73 Å². The van der Waals surface area contributed by atoms with Crippen molar-refractivity contribution in [3.63, 3.8) is 0 Å². The Morgan fingerprint density at radius 1 is 1.30 bits per heavy atom. The number of hydrogen-bond acceptors (Lipinski definition) is 5. The molecular weight excluding hydrogens is 310 g/mol. The minimum Gasteiger partial charge on any atom is -0.497 e. The standard InChI is InChI=1S/C17H23N3O2S/c1-20(17(21)15-12-23-16(19-15)9-10-18)11-3-4-13-5-7-14(22-2)8-6-13/h5-8,12H,3-4,9-11,18H2,1-2H3. The topological polar surface area (TPSA) is 68.5 Å². The van der Waals surface area contributed by atoms with E-state index in [2.05, 4.69) is 17.1 Å². The van der Waals surface area contributed by atoms with E-state index < -0.39 is 0 Å². The number of nitrogens with two attached hydrogens (primary N) is 1. The van der Waals surface area contributed by atoms with Crippen molar-refractivity contribution in [3.05, 3.63) is 45.9 Å². The molecule has 2 rings (SSSR count). The van der Waals surface area contributed by atoms with E-state index in [1.165, 1.54) is 16.9 Å². The van der Waals surface area contributed by atoms with Crippen molar-refractivity contribution in [3.8, 4) is 5.75 Å². The molecule has 1 aromatic carbocycles. The van der Waals surface area contributed by atoms with Gasteiger partial charge in [0.2, 0.25) is 0 Å². The molecule has 1 amide bonds. The molecule has 0 saturated carbocycles. The SMILES string of the molecule is COc1ccc(CCCN(C)C(=O)c2csc(CCN)n2)cc1. The Hall–Kier alpha value is -1.92. The average molecular weight is 333 g/mol. The lowest BCUT2D eigenvalue weighted by Gasteiger charge is -2.15. The van der Waals surface area contributed by atoms with Gasteiger partial charge in [0.05, 0.1) is 12.1 Å². The Labute approximate surface area is 141 Å². The van der Waals surface area contributed by atoms with Crippen LogP contribution in [0.3, 0.4) is 0 Å². The molecule has 0 unspecified atom stereocenters.